The summed E-state index contributed by atoms with van der Waals surface area (Å²) in [7, 11) is 0. The van der Waals surface area contributed by atoms with E-state index in [1.165, 1.54) is 6.07 Å². The average molecular weight is 266 g/mol. The van der Waals surface area contributed by atoms with Crippen LogP contribution in [0, 0.1) is 23.0 Å². The van der Waals surface area contributed by atoms with Crippen molar-refractivity contribution < 1.29 is 10.0 Å². The van der Waals surface area contributed by atoms with E-state index in [0.29, 0.717) is 23.5 Å². The molecular formula is C14H22N2O3. The Hall–Kier alpha value is -1.46. The first-order valence-electron chi connectivity index (χ1n) is 6.51. The lowest BCUT2D eigenvalue weighted by Gasteiger charge is -2.20. The minimum atomic E-state index is -0.676. The molecule has 2 atom stereocenters. The Labute approximate surface area is 113 Å². The number of nitrogens with two attached hydrogens (primary N) is 1. The number of hydrogen-bond acceptors (Lipinski definition) is 4. The summed E-state index contributed by atoms with van der Waals surface area (Å²) in [5.74, 6) is 0.495. The third-order valence-corrected chi connectivity index (χ3v) is 3.27. The molecule has 106 valence electrons. The second-order valence-corrected chi connectivity index (χ2v) is 5.37. The molecule has 3 N–H and O–H groups in total. The van der Waals surface area contributed by atoms with Gasteiger partial charge in [0.15, 0.2) is 0 Å². The van der Waals surface area contributed by atoms with E-state index in [9.17, 15) is 15.2 Å². The molecule has 0 saturated heterocycles. The Bertz CT molecular complexity index is 446. The number of rotatable bonds is 6. The zero-order chi connectivity index (χ0) is 14.6. The molecule has 5 nitrogen and oxygen atoms in total. The summed E-state index contributed by atoms with van der Waals surface area (Å²) < 4.78 is 0. The minimum Gasteiger partial charge on any atom is -0.391 e. The highest BCUT2D eigenvalue weighted by atomic mass is 16.6. The number of hydrogen-bond donors (Lipinski definition) is 2. The maximum absolute atomic E-state index is 10.9. The van der Waals surface area contributed by atoms with E-state index in [2.05, 4.69) is 13.8 Å². The van der Waals surface area contributed by atoms with Crippen molar-refractivity contribution in [2.45, 2.75) is 45.8 Å². The van der Waals surface area contributed by atoms with Gasteiger partial charge in [-0.25, -0.2) is 0 Å². The van der Waals surface area contributed by atoms with Crippen LogP contribution in [-0.2, 0) is 0 Å². The van der Waals surface area contributed by atoms with Crippen molar-refractivity contribution >= 4 is 5.69 Å². The zero-order valence-electron chi connectivity index (χ0n) is 11.7. The molecule has 1 aromatic carbocycles. The first kappa shape index (κ1) is 15.6. The van der Waals surface area contributed by atoms with Gasteiger partial charge in [-0.15, -0.1) is 0 Å². The molecule has 5 heteroatoms. The Kier molecular flexibility index (Phi) is 5.44. The van der Waals surface area contributed by atoms with Gasteiger partial charge in [-0.2, -0.15) is 0 Å². The molecular weight excluding hydrogens is 244 g/mol. The van der Waals surface area contributed by atoms with Gasteiger partial charge in [0.25, 0.3) is 5.69 Å². The van der Waals surface area contributed by atoms with Gasteiger partial charge in [0.05, 0.1) is 17.1 Å². The van der Waals surface area contributed by atoms with E-state index in [1.54, 1.807) is 19.1 Å². The van der Waals surface area contributed by atoms with Gasteiger partial charge in [0.1, 0.15) is 0 Å². The summed E-state index contributed by atoms with van der Waals surface area (Å²) in [6, 6.07) is 4.28. The smallest absolute Gasteiger partial charge is 0.272 e. The quantitative estimate of drug-likeness (QED) is 0.612. The summed E-state index contributed by atoms with van der Waals surface area (Å²) in [6.45, 7) is 5.84. The van der Waals surface area contributed by atoms with Crippen LogP contribution in [0.4, 0.5) is 5.69 Å². The predicted molar refractivity (Wildman–Crippen MR) is 74.8 cm³/mol. The first-order valence-corrected chi connectivity index (χ1v) is 6.51. The van der Waals surface area contributed by atoms with Crippen molar-refractivity contribution in [2.24, 2.45) is 11.7 Å². The number of nitro benzene ring substituents is 1. The Balaban J connectivity index is 2.84. The molecule has 19 heavy (non-hydrogen) atoms. The number of aryl methyl sites for hydroxylation is 1. The molecule has 1 rings (SSSR count). The average Bonchev–Trinajstić information content (AvgIpc) is 2.35. The molecule has 0 radical (unpaired) electrons. The Morgan fingerprint density at radius 2 is 2.00 bits per heavy atom. The van der Waals surface area contributed by atoms with Gasteiger partial charge in [-0.05, 0) is 31.2 Å². The highest BCUT2D eigenvalue weighted by molar-refractivity contribution is 5.43. The predicted octanol–water partition coefficient (Wildman–Crippen LogP) is 2.70. The van der Waals surface area contributed by atoms with Gasteiger partial charge in [-0.3, -0.25) is 10.1 Å². The van der Waals surface area contributed by atoms with E-state index in [1.807, 2.05) is 0 Å². The number of benzene rings is 1. The standard InChI is InChI=1S/C14H22N2O3/c1-9(2)4-7-13(17)14(15)11-6-5-10(3)12(8-11)16(18)19/h5-6,8-9,13-14,17H,4,7,15H2,1-3H3/t13-,14+/m0/s1. The van der Waals surface area contributed by atoms with Crippen LogP contribution in [0.5, 0.6) is 0 Å². The molecule has 0 aliphatic rings. The van der Waals surface area contributed by atoms with Crippen molar-refractivity contribution in [1.82, 2.24) is 0 Å². The maximum atomic E-state index is 10.9. The first-order chi connectivity index (χ1) is 8.82. The second kappa shape index (κ2) is 6.63. The summed E-state index contributed by atoms with van der Waals surface area (Å²) in [5, 5.41) is 20.9. The van der Waals surface area contributed by atoms with E-state index in [0.717, 1.165) is 6.42 Å². The number of aliphatic hydroxyl groups excluding tert-OH is 1. The molecule has 0 unspecified atom stereocenters. The molecule has 0 aliphatic heterocycles. The molecule has 0 spiro atoms. The summed E-state index contributed by atoms with van der Waals surface area (Å²) >= 11 is 0. The molecule has 0 aliphatic carbocycles. The Morgan fingerprint density at radius 3 is 2.53 bits per heavy atom. The highest BCUT2D eigenvalue weighted by Crippen LogP contribution is 2.25. The normalized spacial score (nSPS) is 14.4. The van der Waals surface area contributed by atoms with Gasteiger partial charge in [0.2, 0.25) is 0 Å². The fourth-order valence-electron chi connectivity index (χ4n) is 1.94. The van der Waals surface area contributed by atoms with Crippen LogP contribution in [0.1, 0.15) is 43.9 Å². The third-order valence-electron chi connectivity index (χ3n) is 3.27. The molecule has 0 aromatic heterocycles. The van der Waals surface area contributed by atoms with E-state index >= 15 is 0 Å². The summed E-state index contributed by atoms with van der Waals surface area (Å²) in [6.07, 6.45) is 0.799. The monoisotopic (exact) mass is 266 g/mol. The van der Waals surface area contributed by atoms with Crippen LogP contribution in [0.15, 0.2) is 18.2 Å². The van der Waals surface area contributed by atoms with Crippen molar-refractivity contribution in [3.63, 3.8) is 0 Å². The van der Waals surface area contributed by atoms with Crippen molar-refractivity contribution in [3.05, 3.63) is 39.4 Å². The van der Waals surface area contributed by atoms with Crippen LogP contribution in [0.2, 0.25) is 0 Å². The van der Waals surface area contributed by atoms with Crippen LogP contribution >= 0.6 is 0 Å². The Morgan fingerprint density at radius 1 is 1.37 bits per heavy atom. The fraction of sp³-hybridized carbons (Fsp3) is 0.571. The molecule has 0 bridgehead atoms. The lowest BCUT2D eigenvalue weighted by atomic mass is 9.95. The van der Waals surface area contributed by atoms with Crippen LogP contribution < -0.4 is 5.73 Å². The SMILES string of the molecule is Cc1ccc([C@@H](N)[C@@H](O)CCC(C)C)cc1[N+](=O)[O-]. The van der Waals surface area contributed by atoms with Gasteiger partial charge in [0, 0.05) is 11.6 Å². The van der Waals surface area contributed by atoms with E-state index in [4.69, 9.17) is 5.73 Å². The van der Waals surface area contributed by atoms with E-state index in [-0.39, 0.29) is 5.69 Å². The van der Waals surface area contributed by atoms with Crippen molar-refractivity contribution in [2.75, 3.05) is 0 Å². The van der Waals surface area contributed by atoms with Gasteiger partial charge in [-0.1, -0.05) is 26.0 Å². The fourth-order valence-corrected chi connectivity index (χ4v) is 1.94. The number of nitrogens with zero attached hydrogens (tertiary/aromatic N) is 1. The summed E-state index contributed by atoms with van der Waals surface area (Å²) in [5.41, 5.74) is 7.22. The van der Waals surface area contributed by atoms with Crippen LogP contribution in [0.3, 0.4) is 0 Å². The lowest BCUT2D eigenvalue weighted by Crippen LogP contribution is -2.26. The molecule has 0 fully saturated rings. The largest absolute Gasteiger partial charge is 0.391 e. The third kappa shape index (κ3) is 4.29. The molecule has 0 saturated carbocycles. The van der Waals surface area contributed by atoms with E-state index < -0.39 is 17.1 Å². The minimum absolute atomic E-state index is 0.0454. The highest BCUT2D eigenvalue weighted by Gasteiger charge is 2.20. The molecule has 0 heterocycles. The summed E-state index contributed by atoms with van der Waals surface area (Å²) in [4.78, 5) is 10.5. The molecule has 0 amide bonds. The topological polar surface area (TPSA) is 89.4 Å². The zero-order valence-corrected chi connectivity index (χ0v) is 11.7. The van der Waals surface area contributed by atoms with Crippen LogP contribution in [-0.4, -0.2) is 16.1 Å². The maximum Gasteiger partial charge on any atom is 0.272 e. The van der Waals surface area contributed by atoms with Gasteiger partial charge < -0.3 is 10.8 Å². The number of nitro groups is 1. The lowest BCUT2D eigenvalue weighted by molar-refractivity contribution is -0.385. The van der Waals surface area contributed by atoms with Crippen molar-refractivity contribution in [1.29, 1.82) is 0 Å². The molecule has 1 aromatic rings. The van der Waals surface area contributed by atoms with Crippen molar-refractivity contribution in [3.8, 4) is 0 Å². The van der Waals surface area contributed by atoms with Crippen LogP contribution in [0.25, 0.3) is 0 Å². The second-order valence-electron chi connectivity index (χ2n) is 5.37. The number of aliphatic hydroxyl groups is 1. The van der Waals surface area contributed by atoms with Gasteiger partial charge >= 0.3 is 0 Å².